The zero-order valence-electron chi connectivity index (χ0n) is 13.0. The Morgan fingerprint density at radius 3 is 2.70 bits per heavy atom. The maximum Gasteiger partial charge on any atom is 0.329 e. The summed E-state index contributed by atoms with van der Waals surface area (Å²) in [6.07, 6.45) is 0.953. The van der Waals surface area contributed by atoms with Gasteiger partial charge in [-0.25, -0.2) is 4.79 Å². The van der Waals surface area contributed by atoms with Gasteiger partial charge in [-0.05, 0) is 48.8 Å². The maximum absolute atomic E-state index is 12.5. The number of nitrogens with zero attached hydrogens (tertiary/aromatic N) is 1. The van der Waals surface area contributed by atoms with Gasteiger partial charge >= 0.3 is 5.97 Å². The van der Waals surface area contributed by atoms with Crippen molar-refractivity contribution in [1.29, 1.82) is 0 Å². The van der Waals surface area contributed by atoms with E-state index in [-0.39, 0.29) is 12.5 Å². The van der Waals surface area contributed by atoms with E-state index >= 15 is 0 Å². The molecule has 1 saturated heterocycles. The van der Waals surface area contributed by atoms with Crippen molar-refractivity contribution >= 4 is 34.5 Å². The lowest BCUT2D eigenvalue weighted by Crippen LogP contribution is -2.57. The summed E-state index contributed by atoms with van der Waals surface area (Å²) in [5, 5.41) is 13.4. The Morgan fingerprint density at radius 1 is 1.30 bits per heavy atom. The minimum absolute atomic E-state index is 0.140. The highest BCUT2D eigenvalue weighted by atomic mass is 32.2. The van der Waals surface area contributed by atoms with Crippen LogP contribution in [0.2, 0.25) is 0 Å². The third kappa shape index (κ3) is 3.08. The molecule has 23 heavy (non-hydrogen) atoms. The summed E-state index contributed by atoms with van der Waals surface area (Å²) in [4.78, 5) is 24.1. The van der Waals surface area contributed by atoms with Gasteiger partial charge < -0.3 is 15.0 Å². The molecule has 1 aromatic carbocycles. The number of amides is 1. The number of thioether (sulfide) groups is 1. The molecule has 2 heterocycles. The first-order chi connectivity index (χ1) is 11.0. The quantitative estimate of drug-likeness (QED) is 0.902. The number of aromatic nitrogens is 1. The van der Waals surface area contributed by atoms with E-state index in [2.05, 4.69) is 5.32 Å². The zero-order chi connectivity index (χ0) is 16.4. The van der Waals surface area contributed by atoms with E-state index in [4.69, 9.17) is 0 Å². The van der Waals surface area contributed by atoms with Gasteiger partial charge in [-0.15, -0.1) is 0 Å². The molecule has 0 bridgehead atoms. The summed E-state index contributed by atoms with van der Waals surface area (Å²) in [5.74, 6) is 0.347. The zero-order valence-corrected chi connectivity index (χ0v) is 13.9. The summed E-state index contributed by atoms with van der Waals surface area (Å²) >= 11 is 1.73. The number of carbonyl (C=O) groups excluding carboxylic acids is 1. The third-order valence-electron chi connectivity index (χ3n) is 4.45. The van der Waals surface area contributed by atoms with Crippen LogP contribution in [-0.2, 0) is 16.1 Å². The lowest BCUT2D eigenvalue weighted by Gasteiger charge is -2.33. The van der Waals surface area contributed by atoms with E-state index in [9.17, 15) is 14.7 Å². The van der Waals surface area contributed by atoms with Crippen LogP contribution in [0.3, 0.4) is 0 Å². The van der Waals surface area contributed by atoms with Crippen molar-refractivity contribution in [1.82, 2.24) is 9.88 Å². The number of carboxylic acids is 1. The third-order valence-corrected chi connectivity index (χ3v) is 5.44. The minimum Gasteiger partial charge on any atom is -0.480 e. The van der Waals surface area contributed by atoms with Gasteiger partial charge in [-0.1, -0.05) is 18.2 Å². The number of aryl methyl sites for hydroxylation is 1. The first-order valence-corrected chi connectivity index (χ1v) is 8.84. The summed E-state index contributed by atoms with van der Waals surface area (Å²) in [6, 6.07) is 9.92. The van der Waals surface area contributed by atoms with Crippen LogP contribution in [0.5, 0.6) is 0 Å². The summed E-state index contributed by atoms with van der Waals surface area (Å²) < 4.78 is 1.93. The summed E-state index contributed by atoms with van der Waals surface area (Å²) in [5.41, 5.74) is 0.868. The number of hydrogen-bond acceptors (Lipinski definition) is 3. The lowest BCUT2D eigenvalue weighted by molar-refractivity contribution is -0.148. The van der Waals surface area contributed by atoms with Crippen LogP contribution >= 0.6 is 11.8 Å². The van der Waals surface area contributed by atoms with Crippen LogP contribution in [0.4, 0.5) is 0 Å². The first-order valence-electron chi connectivity index (χ1n) is 7.69. The van der Waals surface area contributed by atoms with Crippen molar-refractivity contribution in [2.24, 2.45) is 0 Å². The molecule has 2 N–H and O–H groups in total. The van der Waals surface area contributed by atoms with Gasteiger partial charge in [-0.2, -0.15) is 11.8 Å². The SMILES string of the molecule is Cc1cc2ccccc2n1CC(=O)NC1(C(=O)O)CCSCC1. The number of para-hydroxylation sites is 1. The van der Waals surface area contributed by atoms with Gasteiger partial charge in [0.05, 0.1) is 0 Å². The average molecular weight is 332 g/mol. The highest BCUT2D eigenvalue weighted by molar-refractivity contribution is 7.99. The molecule has 1 amide bonds. The van der Waals surface area contributed by atoms with Gasteiger partial charge in [0.15, 0.2) is 0 Å². The molecule has 1 aromatic heterocycles. The standard InChI is InChI=1S/C17H20N2O3S/c1-12-10-13-4-2-3-5-14(13)19(12)11-15(20)18-17(16(21)22)6-8-23-9-7-17/h2-5,10H,6-9,11H2,1H3,(H,18,20)(H,21,22). The second-order valence-corrected chi connectivity index (χ2v) is 7.20. The molecule has 122 valence electrons. The molecule has 6 heteroatoms. The van der Waals surface area contributed by atoms with Gasteiger partial charge in [0.1, 0.15) is 12.1 Å². The molecule has 0 atom stereocenters. The van der Waals surface area contributed by atoms with Crippen LogP contribution in [0, 0.1) is 6.92 Å². The van der Waals surface area contributed by atoms with Gasteiger partial charge in [0.2, 0.25) is 5.91 Å². The minimum atomic E-state index is -1.11. The average Bonchev–Trinajstić information content (AvgIpc) is 2.84. The van der Waals surface area contributed by atoms with Crippen LogP contribution in [0.25, 0.3) is 10.9 Å². The van der Waals surface area contributed by atoms with Crippen molar-refractivity contribution in [3.63, 3.8) is 0 Å². The molecule has 1 aliphatic heterocycles. The first kappa shape index (κ1) is 15.9. The molecule has 0 spiro atoms. The molecule has 3 rings (SSSR count). The number of fused-ring (bicyclic) bond motifs is 1. The Morgan fingerprint density at radius 2 is 2.00 bits per heavy atom. The smallest absolute Gasteiger partial charge is 0.329 e. The maximum atomic E-state index is 12.5. The second-order valence-electron chi connectivity index (χ2n) is 5.98. The monoisotopic (exact) mass is 332 g/mol. The number of nitrogens with one attached hydrogen (secondary N) is 1. The Labute approximate surface area is 139 Å². The van der Waals surface area contributed by atoms with E-state index in [1.165, 1.54) is 0 Å². The lowest BCUT2D eigenvalue weighted by atomic mass is 9.92. The van der Waals surface area contributed by atoms with Crippen molar-refractivity contribution in [2.45, 2.75) is 31.8 Å². The fraction of sp³-hybridized carbons (Fsp3) is 0.412. The Bertz CT molecular complexity index is 747. The fourth-order valence-electron chi connectivity index (χ4n) is 3.12. The normalized spacial score (nSPS) is 17.1. The van der Waals surface area contributed by atoms with E-state index in [1.807, 2.05) is 41.8 Å². The van der Waals surface area contributed by atoms with E-state index in [0.29, 0.717) is 12.8 Å². The molecule has 0 saturated carbocycles. The fourth-order valence-corrected chi connectivity index (χ4v) is 4.31. The molecule has 2 aromatic rings. The number of carboxylic acid groups (broad SMARTS) is 1. The van der Waals surface area contributed by atoms with Gasteiger partial charge in [-0.3, -0.25) is 4.79 Å². The molecule has 0 aliphatic carbocycles. The Hall–Kier alpha value is -1.95. The molecule has 0 radical (unpaired) electrons. The van der Waals surface area contributed by atoms with Crippen molar-refractivity contribution in [3.05, 3.63) is 36.0 Å². The molecule has 1 aliphatic rings. The largest absolute Gasteiger partial charge is 0.480 e. The van der Waals surface area contributed by atoms with E-state index in [1.54, 1.807) is 11.8 Å². The summed E-state index contributed by atoms with van der Waals surface area (Å²) in [6.45, 7) is 2.10. The van der Waals surface area contributed by atoms with Gasteiger partial charge in [0, 0.05) is 11.2 Å². The molecular weight excluding hydrogens is 312 g/mol. The Kier molecular flexibility index (Phi) is 4.35. The predicted molar refractivity (Wildman–Crippen MR) is 91.7 cm³/mol. The Balaban J connectivity index is 1.80. The van der Waals surface area contributed by atoms with Crippen LogP contribution in [0.15, 0.2) is 30.3 Å². The van der Waals surface area contributed by atoms with E-state index < -0.39 is 11.5 Å². The number of benzene rings is 1. The topological polar surface area (TPSA) is 71.3 Å². The number of carbonyl (C=O) groups is 2. The molecular formula is C17H20N2O3S. The van der Waals surface area contributed by atoms with Crippen LogP contribution in [-0.4, -0.2) is 38.6 Å². The number of rotatable bonds is 4. The molecule has 1 fully saturated rings. The summed E-state index contributed by atoms with van der Waals surface area (Å²) in [7, 11) is 0. The number of aliphatic carboxylic acids is 1. The molecule has 5 nitrogen and oxygen atoms in total. The van der Waals surface area contributed by atoms with Crippen molar-refractivity contribution in [2.75, 3.05) is 11.5 Å². The van der Waals surface area contributed by atoms with Crippen molar-refractivity contribution < 1.29 is 14.7 Å². The van der Waals surface area contributed by atoms with Crippen LogP contribution in [0.1, 0.15) is 18.5 Å². The predicted octanol–water partition coefficient (Wildman–Crippen LogP) is 2.42. The highest BCUT2D eigenvalue weighted by Gasteiger charge is 2.41. The molecule has 0 unspecified atom stereocenters. The van der Waals surface area contributed by atoms with Crippen LogP contribution < -0.4 is 5.32 Å². The number of hydrogen-bond donors (Lipinski definition) is 2. The highest BCUT2D eigenvalue weighted by Crippen LogP contribution is 2.27. The van der Waals surface area contributed by atoms with Gasteiger partial charge in [0.25, 0.3) is 0 Å². The van der Waals surface area contributed by atoms with E-state index in [0.717, 1.165) is 28.1 Å². The van der Waals surface area contributed by atoms with Crippen molar-refractivity contribution in [3.8, 4) is 0 Å². The second kappa shape index (κ2) is 6.28.